The van der Waals surface area contributed by atoms with Crippen molar-refractivity contribution in [1.29, 1.82) is 0 Å². The smallest absolute Gasteiger partial charge is 0.324 e. The van der Waals surface area contributed by atoms with Gasteiger partial charge in [-0.25, -0.2) is 0 Å². The SMILES string of the molecule is CCOC(=O)C(CC#Cc1ccccc1)(C/C=C\CCl)C(=O)OCC. The Kier molecular flexibility index (Phi) is 9.42. The maximum atomic E-state index is 12.6. The Labute approximate surface area is 154 Å². The summed E-state index contributed by atoms with van der Waals surface area (Å²) in [5.74, 6) is 4.93. The summed E-state index contributed by atoms with van der Waals surface area (Å²) in [6, 6.07) is 9.35. The highest BCUT2D eigenvalue weighted by Crippen LogP contribution is 2.31. The lowest BCUT2D eigenvalue weighted by molar-refractivity contribution is -0.171. The molecule has 0 unspecified atom stereocenters. The molecule has 1 aromatic rings. The molecule has 0 saturated heterocycles. The maximum Gasteiger partial charge on any atom is 0.324 e. The summed E-state index contributed by atoms with van der Waals surface area (Å²) in [5.41, 5.74) is -0.684. The summed E-state index contributed by atoms with van der Waals surface area (Å²) in [7, 11) is 0. The van der Waals surface area contributed by atoms with Crippen LogP contribution in [0.1, 0.15) is 32.3 Å². The Balaban J connectivity index is 3.16. The third kappa shape index (κ3) is 6.28. The van der Waals surface area contributed by atoms with Crippen LogP contribution in [0.4, 0.5) is 0 Å². The van der Waals surface area contributed by atoms with Gasteiger partial charge in [0, 0.05) is 17.9 Å². The lowest BCUT2D eigenvalue weighted by atomic mass is 9.81. The minimum atomic E-state index is -1.49. The lowest BCUT2D eigenvalue weighted by Crippen LogP contribution is -2.41. The number of halogens is 1. The van der Waals surface area contributed by atoms with Gasteiger partial charge < -0.3 is 9.47 Å². The first-order valence-electron chi connectivity index (χ1n) is 8.20. The van der Waals surface area contributed by atoms with E-state index in [2.05, 4.69) is 11.8 Å². The van der Waals surface area contributed by atoms with E-state index in [9.17, 15) is 9.59 Å². The molecule has 0 fully saturated rings. The molecule has 0 amide bonds. The van der Waals surface area contributed by atoms with Crippen molar-refractivity contribution in [2.75, 3.05) is 19.1 Å². The molecule has 134 valence electrons. The van der Waals surface area contributed by atoms with Gasteiger partial charge in [-0.1, -0.05) is 42.2 Å². The van der Waals surface area contributed by atoms with Crippen molar-refractivity contribution in [3.63, 3.8) is 0 Å². The number of ether oxygens (including phenoxy) is 2. The molecule has 5 heteroatoms. The van der Waals surface area contributed by atoms with Crippen LogP contribution in [0.2, 0.25) is 0 Å². The van der Waals surface area contributed by atoms with Crippen LogP contribution in [-0.4, -0.2) is 31.0 Å². The first-order chi connectivity index (χ1) is 12.1. The van der Waals surface area contributed by atoms with Crippen LogP contribution < -0.4 is 0 Å². The highest BCUT2D eigenvalue weighted by Gasteiger charge is 2.47. The molecule has 0 aliphatic carbocycles. The van der Waals surface area contributed by atoms with Gasteiger partial charge in [-0.2, -0.15) is 0 Å². The predicted molar refractivity (Wildman–Crippen MR) is 98.1 cm³/mol. The van der Waals surface area contributed by atoms with Crippen LogP contribution in [0.3, 0.4) is 0 Å². The molecule has 1 rings (SSSR count). The summed E-state index contributed by atoms with van der Waals surface area (Å²) >= 11 is 5.65. The summed E-state index contributed by atoms with van der Waals surface area (Å²) in [4.78, 5) is 25.1. The summed E-state index contributed by atoms with van der Waals surface area (Å²) in [5, 5.41) is 0. The van der Waals surface area contributed by atoms with Gasteiger partial charge in [0.2, 0.25) is 0 Å². The van der Waals surface area contributed by atoms with Crippen molar-refractivity contribution in [3.8, 4) is 11.8 Å². The monoisotopic (exact) mass is 362 g/mol. The Morgan fingerprint density at radius 2 is 1.68 bits per heavy atom. The molecule has 0 aromatic heterocycles. The van der Waals surface area contributed by atoms with Gasteiger partial charge in [0.25, 0.3) is 0 Å². The normalized spacial score (nSPS) is 10.8. The molecule has 0 heterocycles. The molecule has 0 spiro atoms. The fourth-order valence-electron chi connectivity index (χ4n) is 2.17. The Bertz CT molecular complexity index is 623. The Morgan fingerprint density at radius 3 is 2.20 bits per heavy atom. The molecule has 0 bridgehead atoms. The standard InChI is InChI=1S/C20H23ClO4/c1-3-24-18(22)20(14-8-9-16-21,19(23)25-4-2)15-10-13-17-11-6-5-7-12-17/h5-9,11-12H,3-4,14-16H2,1-2H3/b9-8-. The molecular formula is C20H23ClO4. The third-order valence-corrected chi connectivity index (χ3v) is 3.63. The fraction of sp³-hybridized carbons (Fsp3) is 0.400. The van der Waals surface area contributed by atoms with Crippen molar-refractivity contribution < 1.29 is 19.1 Å². The third-order valence-electron chi connectivity index (χ3n) is 3.45. The fourth-order valence-corrected chi connectivity index (χ4v) is 2.30. The van der Waals surface area contributed by atoms with Crippen LogP contribution in [0, 0.1) is 17.3 Å². The van der Waals surface area contributed by atoms with Crippen LogP contribution >= 0.6 is 11.6 Å². The first kappa shape index (κ1) is 20.8. The number of esters is 2. The average molecular weight is 363 g/mol. The van der Waals surface area contributed by atoms with Crippen molar-refractivity contribution in [2.45, 2.75) is 26.7 Å². The van der Waals surface area contributed by atoms with E-state index in [0.717, 1.165) is 5.56 Å². The summed E-state index contributed by atoms with van der Waals surface area (Å²) in [6.45, 7) is 3.73. The highest BCUT2D eigenvalue weighted by molar-refractivity contribution is 6.18. The molecule has 1 aromatic carbocycles. The van der Waals surface area contributed by atoms with Gasteiger partial charge in [-0.05, 0) is 32.4 Å². The van der Waals surface area contributed by atoms with E-state index in [1.807, 2.05) is 30.3 Å². The van der Waals surface area contributed by atoms with Crippen molar-refractivity contribution >= 4 is 23.5 Å². The first-order valence-corrected chi connectivity index (χ1v) is 8.73. The number of alkyl halides is 1. The zero-order valence-electron chi connectivity index (χ0n) is 14.6. The highest BCUT2D eigenvalue weighted by atomic mass is 35.5. The second-order valence-electron chi connectivity index (χ2n) is 5.20. The summed E-state index contributed by atoms with van der Waals surface area (Å²) < 4.78 is 10.3. The van der Waals surface area contributed by atoms with E-state index >= 15 is 0 Å². The van der Waals surface area contributed by atoms with Crippen molar-refractivity contribution in [2.24, 2.45) is 5.41 Å². The maximum absolute atomic E-state index is 12.6. The van der Waals surface area contributed by atoms with Crippen LogP contribution in [0.25, 0.3) is 0 Å². The minimum Gasteiger partial charge on any atom is -0.465 e. The zero-order valence-corrected chi connectivity index (χ0v) is 15.3. The van der Waals surface area contributed by atoms with E-state index in [1.54, 1.807) is 26.0 Å². The average Bonchev–Trinajstić information content (AvgIpc) is 2.61. The van der Waals surface area contributed by atoms with Crippen molar-refractivity contribution in [3.05, 3.63) is 48.0 Å². The Hall–Kier alpha value is -2.25. The largest absolute Gasteiger partial charge is 0.465 e. The van der Waals surface area contributed by atoms with Crippen LogP contribution in [0.5, 0.6) is 0 Å². The number of carbonyl (C=O) groups is 2. The molecule has 25 heavy (non-hydrogen) atoms. The molecular weight excluding hydrogens is 340 g/mol. The van der Waals surface area contributed by atoms with Gasteiger partial charge in [0.15, 0.2) is 5.41 Å². The van der Waals surface area contributed by atoms with Crippen LogP contribution in [0.15, 0.2) is 42.5 Å². The number of hydrogen-bond acceptors (Lipinski definition) is 4. The molecule has 0 atom stereocenters. The second kappa shape index (κ2) is 11.3. The van der Waals surface area contributed by atoms with Gasteiger partial charge in [-0.15, -0.1) is 11.6 Å². The molecule has 0 N–H and O–H groups in total. The van der Waals surface area contributed by atoms with Gasteiger partial charge >= 0.3 is 11.9 Å². The van der Waals surface area contributed by atoms with E-state index in [-0.39, 0.29) is 31.9 Å². The topological polar surface area (TPSA) is 52.6 Å². The molecule has 0 saturated carbocycles. The molecule has 0 aliphatic rings. The van der Waals surface area contributed by atoms with Crippen LogP contribution in [-0.2, 0) is 19.1 Å². The zero-order chi connectivity index (χ0) is 18.5. The number of benzene rings is 1. The Morgan fingerprint density at radius 1 is 1.08 bits per heavy atom. The van der Waals surface area contributed by atoms with E-state index in [4.69, 9.17) is 21.1 Å². The van der Waals surface area contributed by atoms with E-state index < -0.39 is 17.4 Å². The molecule has 4 nitrogen and oxygen atoms in total. The van der Waals surface area contributed by atoms with E-state index in [1.165, 1.54) is 0 Å². The van der Waals surface area contributed by atoms with Crippen molar-refractivity contribution in [1.82, 2.24) is 0 Å². The number of rotatable bonds is 8. The van der Waals surface area contributed by atoms with Gasteiger partial charge in [0.05, 0.1) is 13.2 Å². The molecule has 0 radical (unpaired) electrons. The van der Waals surface area contributed by atoms with Gasteiger partial charge in [0.1, 0.15) is 0 Å². The minimum absolute atomic E-state index is 0.00614. The second-order valence-corrected chi connectivity index (χ2v) is 5.51. The van der Waals surface area contributed by atoms with Gasteiger partial charge in [-0.3, -0.25) is 9.59 Å². The predicted octanol–water partition coefficient (Wildman–Crippen LogP) is 3.73. The molecule has 0 aliphatic heterocycles. The summed E-state index contributed by atoms with van der Waals surface area (Å²) in [6.07, 6.45) is 3.50. The quantitative estimate of drug-likeness (QED) is 0.232. The number of hydrogen-bond donors (Lipinski definition) is 0. The number of carbonyl (C=O) groups excluding carboxylic acids is 2. The van der Waals surface area contributed by atoms with E-state index in [0.29, 0.717) is 0 Å². The lowest BCUT2D eigenvalue weighted by Gasteiger charge is -2.26. The number of allylic oxidation sites excluding steroid dienone is 2.